The molecule has 6 atom stereocenters. The number of fused-ring (bicyclic) bond motifs is 2. The molecular weight excluding hydrogens is 356 g/mol. The zero-order valence-electron chi connectivity index (χ0n) is 17.0. The molecule has 1 N–H and O–H groups in total. The number of hydrogen-bond acceptors (Lipinski definition) is 8. The third-order valence-corrected chi connectivity index (χ3v) is 6.10. The van der Waals surface area contributed by atoms with Crippen LogP contribution in [0.15, 0.2) is 0 Å². The molecule has 0 aromatic heterocycles. The summed E-state index contributed by atoms with van der Waals surface area (Å²) in [7, 11) is 1.64. The Morgan fingerprint density at radius 3 is 2.15 bits per heavy atom. The molecule has 0 aromatic rings. The molecule has 3 aliphatic heterocycles. The average molecular weight is 388 g/mol. The Bertz CT molecular complexity index is 572. The molecule has 0 aromatic carbocycles. The summed E-state index contributed by atoms with van der Waals surface area (Å²) >= 11 is 0. The minimum Gasteiger partial charge on any atom is -0.387 e. The summed E-state index contributed by atoms with van der Waals surface area (Å²) in [6, 6.07) is 0. The zero-order chi connectivity index (χ0) is 19.7. The Morgan fingerprint density at radius 1 is 0.889 bits per heavy atom. The van der Waals surface area contributed by atoms with Crippen molar-refractivity contribution in [2.75, 3.05) is 20.3 Å². The molecule has 3 heterocycles. The molecule has 156 valence electrons. The van der Waals surface area contributed by atoms with Gasteiger partial charge in [-0.25, -0.2) is 0 Å². The van der Waals surface area contributed by atoms with Crippen molar-refractivity contribution in [2.24, 2.45) is 0 Å². The highest BCUT2D eigenvalue weighted by Crippen LogP contribution is 2.51. The average Bonchev–Trinajstić information content (AvgIpc) is 3.05. The van der Waals surface area contributed by atoms with Gasteiger partial charge in [0, 0.05) is 20.0 Å². The van der Waals surface area contributed by atoms with Gasteiger partial charge in [0.15, 0.2) is 17.4 Å². The molecule has 8 heteroatoms. The fraction of sp³-hybridized carbons (Fsp3) is 1.00. The minimum absolute atomic E-state index is 0.500. The van der Waals surface area contributed by atoms with Crippen molar-refractivity contribution >= 4 is 0 Å². The third-order valence-electron chi connectivity index (χ3n) is 6.10. The van der Waals surface area contributed by atoms with E-state index in [-0.39, 0.29) is 0 Å². The monoisotopic (exact) mass is 388 g/mol. The van der Waals surface area contributed by atoms with Crippen LogP contribution in [-0.2, 0) is 33.2 Å². The summed E-state index contributed by atoms with van der Waals surface area (Å²) in [6.45, 7) is 10.3. The SMILES string of the molecule is COC1(O[C@@H]2[C@H]3OC(C)(C)O[C@@H]3[C@@H](O)[C@]3(C)OC(C)(C)O[C@H]23)CCOCC1. The lowest BCUT2D eigenvalue weighted by Crippen LogP contribution is -2.69. The number of aliphatic hydroxyl groups excluding tert-OH is 1. The zero-order valence-corrected chi connectivity index (χ0v) is 17.0. The molecule has 0 bridgehead atoms. The van der Waals surface area contributed by atoms with Gasteiger partial charge in [-0.2, -0.15) is 0 Å². The van der Waals surface area contributed by atoms with Crippen LogP contribution in [0, 0.1) is 0 Å². The lowest BCUT2D eigenvalue weighted by atomic mass is 9.76. The quantitative estimate of drug-likeness (QED) is 0.725. The molecule has 4 fully saturated rings. The van der Waals surface area contributed by atoms with E-state index in [0.29, 0.717) is 26.1 Å². The Hall–Kier alpha value is -0.320. The second-order valence-electron chi connectivity index (χ2n) is 9.04. The summed E-state index contributed by atoms with van der Waals surface area (Å²) < 4.78 is 42.4. The smallest absolute Gasteiger partial charge is 0.172 e. The van der Waals surface area contributed by atoms with Crippen molar-refractivity contribution < 1.29 is 38.3 Å². The highest BCUT2D eigenvalue weighted by molar-refractivity contribution is 5.15. The number of hydrogen-bond donors (Lipinski definition) is 1. The first-order chi connectivity index (χ1) is 12.5. The highest BCUT2D eigenvalue weighted by atomic mass is 16.8. The predicted molar refractivity (Wildman–Crippen MR) is 92.9 cm³/mol. The maximum atomic E-state index is 11.1. The van der Waals surface area contributed by atoms with Crippen molar-refractivity contribution in [3.05, 3.63) is 0 Å². The summed E-state index contributed by atoms with van der Waals surface area (Å²) in [4.78, 5) is 0. The summed E-state index contributed by atoms with van der Waals surface area (Å²) in [6.07, 6.45) is -1.83. The molecule has 4 rings (SSSR count). The highest BCUT2D eigenvalue weighted by Gasteiger charge is 2.69. The lowest BCUT2D eigenvalue weighted by molar-refractivity contribution is -0.318. The lowest BCUT2D eigenvalue weighted by Gasteiger charge is -2.49. The van der Waals surface area contributed by atoms with Crippen LogP contribution in [0.4, 0.5) is 0 Å². The van der Waals surface area contributed by atoms with Gasteiger partial charge in [-0.05, 0) is 34.6 Å². The van der Waals surface area contributed by atoms with E-state index in [1.165, 1.54) is 0 Å². The summed E-state index contributed by atoms with van der Waals surface area (Å²) in [5.41, 5.74) is -0.987. The van der Waals surface area contributed by atoms with E-state index in [1.54, 1.807) is 7.11 Å². The summed E-state index contributed by atoms with van der Waals surface area (Å²) in [5, 5.41) is 11.1. The molecule has 27 heavy (non-hydrogen) atoms. The fourth-order valence-electron chi connectivity index (χ4n) is 4.90. The van der Waals surface area contributed by atoms with Crippen LogP contribution in [0.25, 0.3) is 0 Å². The summed E-state index contributed by atoms with van der Waals surface area (Å²) in [5.74, 6) is -2.48. The molecule has 4 aliphatic rings. The molecule has 0 spiro atoms. The van der Waals surface area contributed by atoms with E-state index >= 15 is 0 Å². The maximum absolute atomic E-state index is 11.1. The van der Waals surface area contributed by atoms with Crippen LogP contribution in [0.2, 0.25) is 0 Å². The van der Waals surface area contributed by atoms with E-state index in [9.17, 15) is 5.11 Å². The predicted octanol–water partition coefficient (Wildman–Crippen LogP) is 1.33. The van der Waals surface area contributed by atoms with Crippen molar-refractivity contribution in [1.82, 2.24) is 0 Å². The number of rotatable bonds is 3. The first-order valence-corrected chi connectivity index (χ1v) is 9.73. The first-order valence-electron chi connectivity index (χ1n) is 9.73. The van der Waals surface area contributed by atoms with Crippen molar-refractivity contribution in [3.8, 4) is 0 Å². The first kappa shape index (κ1) is 20.0. The van der Waals surface area contributed by atoms with Gasteiger partial charge in [-0.15, -0.1) is 0 Å². The minimum atomic E-state index is -0.987. The number of ether oxygens (including phenoxy) is 7. The van der Waals surface area contributed by atoms with Crippen molar-refractivity contribution in [1.29, 1.82) is 0 Å². The van der Waals surface area contributed by atoms with Crippen LogP contribution in [-0.4, -0.2) is 78.9 Å². The maximum Gasteiger partial charge on any atom is 0.172 e. The van der Waals surface area contributed by atoms with Crippen molar-refractivity contribution in [3.63, 3.8) is 0 Å². The molecule has 0 amide bonds. The van der Waals surface area contributed by atoms with Gasteiger partial charge >= 0.3 is 0 Å². The number of methoxy groups -OCH3 is 1. The Labute approximate surface area is 160 Å². The largest absolute Gasteiger partial charge is 0.387 e. The van der Waals surface area contributed by atoms with Gasteiger partial charge in [0.2, 0.25) is 0 Å². The second kappa shape index (κ2) is 6.34. The molecular formula is C19H32O8. The van der Waals surface area contributed by atoms with E-state index in [2.05, 4.69) is 0 Å². The molecule has 8 nitrogen and oxygen atoms in total. The van der Waals surface area contributed by atoms with Crippen LogP contribution in [0.3, 0.4) is 0 Å². The fourth-order valence-corrected chi connectivity index (χ4v) is 4.90. The standard InChI is InChI=1S/C19H32O8/c1-16(2)23-11-12(24-16)14(20)18(5)15(26-17(3,4)27-18)13(11)25-19(21-6)7-9-22-10-8-19/h11-15,20H,7-10H2,1-6H3/t11-,12-,13+,14+,15+,18-/m0/s1. The van der Waals surface area contributed by atoms with Crippen LogP contribution in [0.5, 0.6) is 0 Å². The second-order valence-corrected chi connectivity index (χ2v) is 9.04. The van der Waals surface area contributed by atoms with E-state index in [1.807, 2.05) is 34.6 Å². The van der Waals surface area contributed by atoms with Crippen LogP contribution in [0.1, 0.15) is 47.5 Å². The van der Waals surface area contributed by atoms with Gasteiger partial charge < -0.3 is 38.3 Å². The van der Waals surface area contributed by atoms with E-state index in [0.717, 1.165) is 0 Å². The van der Waals surface area contributed by atoms with Gasteiger partial charge in [-0.1, -0.05) is 0 Å². The van der Waals surface area contributed by atoms with Crippen LogP contribution >= 0.6 is 0 Å². The van der Waals surface area contributed by atoms with E-state index < -0.39 is 53.5 Å². The van der Waals surface area contributed by atoms with Crippen LogP contribution < -0.4 is 0 Å². The molecule has 1 saturated carbocycles. The molecule has 1 aliphatic carbocycles. The van der Waals surface area contributed by atoms with Gasteiger partial charge in [-0.3, -0.25) is 0 Å². The van der Waals surface area contributed by atoms with Gasteiger partial charge in [0.1, 0.15) is 36.1 Å². The van der Waals surface area contributed by atoms with E-state index in [4.69, 9.17) is 33.2 Å². The molecule has 0 unspecified atom stereocenters. The normalized spacial score (nSPS) is 47.4. The molecule has 3 saturated heterocycles. The Balaban J connectivity index is 1.70. The van der Waals surface area contributed by atoms with Crippen molar-refractivity contribution in [2.45, 2.75) is 101 Å². The number of aliphatic hydroxyl groups is 1. The molecule has 0 radical (unpaired) electrons. The van der Waals surface area contributed by atoms with Gasteiger partial charge in [0.25, 0.3) is 0 Å². The topological polar surface area (TPSA) is 84.8 Å². The Kier molecular flexibility index (Phi) is 4.69. The third kappa shape index (κ3) is 3.24. The Morgan fingerprint density at radius 2 is 1.52 bits per heavy atom. The van der Waals surface area contributed by atoms with Gasteiger partial charge in [0.05, 0.1) is 13.2 Å².